The maximum absolute atomic E-state index is 11.7. The number of alkyl carbamates (subject to hydrolysis) is 1. The molecule has 1 heterocycles. The van der Waals surface area contributed by atoms with Gasteiger partial charge in [0.1, 0.15) is 5.60 Å². The van der Waals surface area contributed by atoms with Gasteiger partial charge in [-0.2, -0.15) is 5.10 Å². The summed E-state index contributed by atoms with van der Waals surface area (Å²) in [7, 11) is 0. The molecule has 0 aliphatic heterocycles. The summed E-state index contributed by atoms with van der Waals surface area (Å²) >= 11 is 0. The zero-order valence-electron chi connectivity index (χ0n) is 13.1. The molecule has 118 valence electrons. The number of carbonyl (C=O) groups is 2. The van der Waals surface area contributed by atoms with Crippen LogP contribution in [0, 0.1) is 0 Å². The molecular formula is C14H24N4O3. The van der Waals surface area contributed by atoms with Crippen molar-refractivity contribution in [3.63, 3.8) is 0 Å². The lowest BCUT2D eigenvalue weighted by Crippen LogP contribution is -2.33. The summed E-state index contributed by atoms with van der Waals surface area (Å²) in [5, 5.41) is 9.44. The minimum Gasteiger partial charge on any atom is -0.444 e. The van der Waals surface area contributed by atoms with E-state index in [0.29, 0.717) is 25.1 Å². The van der Waals surface area contributed by atoms with Gasteiger partial charge in [0.2, 0.25) is 5.91 Å². The van der Waals surface area contributed by atoms with Crippen LogP contribution in [-0.4, -0.2) is 33.9 Å². The van der Waals surface area contributed by atoms with Gasteiger partial charge in [-0.1, -0.05) is 0 Å². The van der Waals surface area contributed by atoms with Crippen molar-refractivity contribution < 1.29 is 14.3 Å². The third-order valence-corrected chi connectivity index (χ3v) is 2.49. The smallest absolute Gasteiger partial charge is 0.407 e. The highest BCUT2D eigenvalue weighted by molar-refractivity contribution is 5.90. The average Bonchev–Trinajstić information content (AvgIpc) is 2.80. The van der Waals surface area contributed by atoms with E-state index in [2.05, 4.69) is 15.7 Å². The molecule has 7 nitrogen and oxygen atoms in total. The van der Waals surface area contributed by atoms with Crippen LogP contribution in [-0.2, 0) is 16.1 Å². The zero-order chi connectivity index (χ0) is 15.9. The van der Waals surface area contributed by atoms with E-state index < -0.39 is 11.7 Å². The van der Waals surface area contributed by atoms with E-state index in [9.17, 15) is 9.59 Å². The molecule has 2 amide bonds. The number of anilines is 1. The van der Waals surface area contributed by atoms with Crippen LogP contribution in [0.15, 0.2) is 12.4 Å². The fourth-order valence-corrected chi connectivity index (χ4v) is 1.58. The molecule has 1 aromatic heterocycles. The monoisotopic (exact) mass is 296 g/mol. The van der Waals surface area contributed by atoms with Crippen LogP contribution in [0.1, 0.15) is 40.5 Å². The Morgan fingerprint density at radius 1 is 1.38 bits per heavy atom. The number of nitrogens with one attached hydrogen (secondary N) is 2. The molecule has 0 aliphatic carbocycles. The lowest BCUT2D eigenvalue weighted by molar-refractivity contribution is -0.116. The molecule has 7 heteroatoms. The number of carbonyl (C=O) groups excluding carboxylic acids is 2. The highest BCUT2D eigenvalue weighted by atomic mass is 16.6. The van der Waals surface area contributed by atoms with E-state index in [1.165, 1.54) is 0 Å². The van der Waals surface area contributed by atoms with Crippen LogP contribution in [0.5, 0.6) is 0 Å². The van der Waals surface area contributed by atoms with Gasteiger partial charge in [0.15, 0.2) is 0 Å². The van der Waals surface area contributed by atoms with Crippen LogP contribution in [0.4, 0.5) is 10.5 Å². The van der Waals surface area contributed by atoms with Crippen LogP contribution in [0.2, 0.25) is 0 Å². The number of rotatable bonds is 6. The van der Waals surface area contributed by atoms with E-state index in [4.69, 9.17) is 4.74 Å². The second-order valence-corrected chi connectivity index (χ2v) is 5.67. The van der Waals surface area contributed by atoms with Crippen molar-refractivity contribution in [2.45, 2.75) is 52.7 Å². The summed E-state index contributed by atoms with van der Waals surface area (Å²) in [4.78, 5) is 23.1. The Labute approximate surface area is 125 Å². The molecule has 0 unspecified atom stereocenters. The maximum atomic E-state index is 11.7. The second-order valence-electron chi connectivity index (χ2n) is 5.67. The van der Waals surface area contributed by atoms with Crippen molar-refractivity contribution in [2.24, 2.45) is 0 Å². The summed E-state index contributed by atoms with van der Waals surface area (Å²) < 4.78 is 6.83. The Bertz CT molecular complexity index is 477. The Morgan fingerprint density at radius 2 is 2.10 bits per heavy atom. The second kappa shape index (κ2) is 7.66. The van der Waals surface area contributed by atoms with Gasteiger partial charge < -0.3 is 15.4 Å². The fraction of sp³-hybridized carbons (Fsp3) is 0.643. The van der Waals surface area contributed by atoms with Crippen LogP contribution in [0.3, 0.4) is 0 Å². The fourth-order valence-electron chi connectivity index (χ4n) is 1.58. The number of amides is 2. The van der Waals surface area contributed by atoms with Gasteiger partial charge in [0.25, 0.3) is 0 Å². The summed E-state index contributed by atoms with van der Waals surface area (Å²) in [6.45, 7) is 8.54. The van der Waals surface area contributed by atoms with E-state index in [0.717, 1.165) is 6.54 Å². The van der Waals surface area contributed by atoms with Gasteiger partial charge in [-0.15, -0.1) is 0 Å². The molecule has 0 saturated carbocycles. The maximum Gasteiger partial charge on any atom is 0.407 e. The first kappa shape index (κ1) is 17.0. The first-order chi connectivity index (χ1) is 9.80. The van der Waals surface area contributed by atoms with Crippen molar-refractivity contribution in [3.05, 3.63) is 12.4 Å². The molecule has 0 fully saturated rings. The minimum atomic E-state index is -0.513. The zero-order valence-corrected chi connectivity index (χ0v) is 13.1. The molecule has 0 aromatic carbocycles. The lowest BCUT2D eigenvalue weighted by Gasteiger charge is -2.19. The highest BCUT2D eigenvalue weighted by Gasteiger charge is 2.15. The minimum absolute atomic E-state index is 0.100. The van der Waals surface area contributed by atoms with Crippen molar-refractivity contribution in [1.29, 1.82) is 0 Å². The average molecular weight is 296 g/mol. The lowest BCUT2D eigenvalue weighted by atomic mass is 10.2. The van der Waals surface area contributed by atoms with Gasteiger partial charge in [0, 0.05) is 25.7 Å². The SMILES string of the molecule is CCn1cc(NC(=O)CCCNC(=O)OC(C)(C)C)cn1. The summed E-state index contributed by atoms with van der Waals surface area (Å²) in [5.74, 6) is -0.100. The van der Waals surface area contributed by atoms with E-state index in [1.807, 2.05) is 6.92 Å². The first-order valence-corrected chi connectivity index (χ1v) is 7.09. The molecule has 0 aliphatic rings. The van der Waals surface area contributed by atoms with Crippen molar-refractivity contribution in [3.8, 4) is 0 Å². The third kappa shape index (κ3) is 7.34. The predicted molar refractivity (Wildman–Crippen MR) is 80.0 cm³/mol. The molecular weight excluding hydrogens is 272 g/mol. The van der Waals surface area contributed by atoms with Crippen LogP contribution < -0.4 is 10.6 Å². The molecule has 0 saturated heterocycles. The molecule has 21 heavy (non-hydrogen) atoms. The molecule has 1 aromatic rings. The van der Waals surface area contributed by atoms with Gasteiger partial charge in [0.05, 0.1) is 11.9 Å². The Morgan fingerprint density at radius 3 is 2.67 bits per heavy atom. The summed E-state index contributed by atoms with van der Waals surface area (Å²) in [5.41, 5.74) is 0.169. The number of hydrogen-bond acceptors (Lipinski definition) is 4. The Kier molecular flexibility index (Phi) is 6.20. The topological polar surface area (TPSA) is 85.2 Å². The van der Waals surface area contributed by atoms with Gasteiger partial charge in [-0.25, -0.2) is 4.79 Å². The Hall–Kier alpha value is -2.05. The van der Waals surface area contributed by atoms with Crippen LogP contribution in [0.25, 0.3) is 0 Å². The number of aromatic nitrogens is 2. The molecule has 0 atom stereocenters. The highest BCUT2D eigenvalue weighted by Crippen LogP contribution is 2.07. The summed E-state index contributed by atoms with van der Waals surface area (Å²) in [6.07, 6.45) is 3.80. The number of nitrogens with zero attached hydrogens (tertiary/aromatic N) is 2. The number of ether oxygens (including phenoxy) is 1. The van der Waals surface area contributed by atoms with Gasteiger partial charge in [-0.05, 0) is 34.1 Å². The predicted octanol–water partition coefficient (Wildman–Crippen LogP) is 2.15. The van der Waals surface area contributed by atoms with Crippen molar-refractivity contribution in [1.82, 2.24) is 15.1 Å². The van der Waals surface area contributed by atoms with Crippen molar-refractivity contribution >= 4 is 17.7 Å². The van der Waals surface area contributed by atoms with E-state index in [-0.39, 0.29) is 5.91 Å². The molecule has 0 spiro atoms. The summed E-state index contributed by atoms with van der Waals surface area (Å²) in [6, 6.07) is 0. The standard InChI is InChI=1S/C14H24N4O3/c1-5-18-10-11(9-16-18)17-12(19)7-6-8-15-13(20)21-14(2,3)4/h9-10H,5-8H2,1-4H3,(H,15,20)(H,17,19). The molecule has 0 radical (unpaired) electrons. The molecule has 2 N–H and O–H groups in total. The van der Waals surface area contributed by atoms with E-state index >= 15 is 0 Å². The first-order valence-electron chi connectivity index (χ1n) is 7.09. The molecule has 0 bridgehead atoms. The van der Waals surface area contributed by atoms with Gasteiger partial charge in [-0.3, -0.25) is 9.48 Å². The van der Waals surface area contributed by atoms with Crippen molar-refractivity contribution in [2.75, 3.05) is 11.9 Å². The molecule has 1 rings (SSSR count). The van der Waals surface area contributed by atoms with E-state index in [1.54, 1.807) is 37.8 Å². The number of aryl methyl sites for hydroxylation is 1. The third-order valence-electron chi connectivity index (χ3n) is 2.49. The van der Waals surface area contributed by atoms with Gasteiger partial charge >= 0.3 is 6.09 Å². The largest absolute Gasteiger partial charge is 0.444 e. The Balaban J connectivity index is 2.17. The number of hydrogen-bond donors (Lipinski definition) is 2. The van der Waals surface area contributed by atoms with Crippen LogP contribution >= 0.6 is 0 Å². The normalized spacial score (nSPS) is 11.0. The quantitative estimate of drug-likeness (QED) is 0.788.